The van der Waals surface area contributed by atoms with Crippen molar-refractivity contribution in [3.63, 3.8) is 0 Å². The summed E-state index contributed by atoms with van der Waals surface area (Å²) in [6.07, 6.45) is 2.65. The third kappa shape index (κ3) is 4.50. The second-order valence-electron chi connectivity index (χ2n) is 7.28. The minimum Gasteiger partial charge on any atom is -0.361 e. The van der Waals surface area contributed by atoms with Gasteiger partial charge in [0.2, 0.25) is 0 Å². The van der Waals surface area contributed by atoms with Crippen LogP contribution >= 0.6 is 0 Å². The maximum Gasteiger partial charge on any atom is 0.276 e. The molecule has 0 aliphatic carbocycles. The van der Waals surface area contributed by atoms with E-state index in [-0.39, 0.29) is 17.7 Å². The summed E-state index contributed by atoms with van der Waals surface area (Å²) >= 11 is 0. The highest BCUT2D eigenvalue weighted by Gasteiger charge is 2.27. The van der Waals surface area contributed by atoms with E-state index < -0.39 is 0 Å². The lowest BCUT2D eigenvalue weighted by atomic mass is 9.93. The minimum absolute atomic E-state index is 0.0982. The normalized spacial score (nSPS) is 17.0. The van der Waals surface area contributed by atoms with Gasteiger partial charge in [-0.1, -0.05) is 5.16 Å². The first-order chi connectivity index (χ1) is 12.8. The summed E-state index contributed by atoms with van der Waals surface area (Å²) in [7, 11) is 3.41. The van der Waals surface area contributed by atoms with Crippen molar-refractivity contribution in [3.8, 4) is 0 Å². The maximum atomic E-state index is 12.6. The summed E-state index contributed by atoms with van der Waals surface area (Å²) in [5, 5.41) is 3.83. The van der Waals surface area contributed by atoms with Crippen LogP contribution in [0.25, 0.3) is 0 Å². The number of carbonyl (C=O) groups is 2. The highest BCUT2D eigenvalue weighted by atomic mass is 16.5. The molecular weight excluding hydrogens is 346 g/mol. The predicted octanol–water partition coefficient (Wildman–Crippen LogP) is 1.88. The van der Waals surface area contributed by atoms with Gasteiger partial charge in [-0.15, -0.1) is 0 Å². The molecule has 0 bridgehead atoms. The highest BCUT2D eigenvalue weighted by Crippen LogP contribution is 2.22. The first-order valence-electron chi connectivity index (χ1n) is 9.12. The number of carbonyl (C=O) groups excluding carboxylic acids is 2. The molecule has 2 aromatic rings. The van der Waals surface area contributed by atoms with Crippen molar-refractivity contribution in [3.05, 3.63) is 40.8 Å². The van der Waals surface area contributed by atoms with Gasteiger partial charge in [0.05, 0.1) is 0 Å². The minimum atomic E-state index is -0.136. The molecule has 3 rings (SSSR count). The molecule has 8 heteroatoms. The maximum absolute atomic E-state index is 12.6. The van der Waals surface area contributed by atoms with Crippen LogP contribution in [0.1, 0.15) is 51.1 Å². The highest BCUT2D eigenvalue weighted by molar-refractivity contribution is 5.92. The molecule has 1 atom stereocenters. The van der Waals surface area contributed by atoms with E-state index in [1.807, 2.05) is 4.90 Å². The molecule has 2 amide bonds. The summed E-state index contributed by atoms with van der Waals surface area (Å²) < 4.78 is 5.02. The van der Waals surface area contributed by atoms with E-state index in [1.54, 1.807) is 40.1 Å². The van der Waals surface area contributed by atoms with Crippen LogP contribution in [0.5, 0.6) is 0 Å². The van der Waals surface area contributed by atoms with Gasteiger partial charge in [0.1, 0.15) is 17.3 Å². The van der Waals surface area contributed by atoms with E-state index in [0.29, 0.717) is 42.5 Å². The number of likely N-dealkylation sites (tertiary alicyclic amines) is 1. The molecule has 27 heavy (non-hydrogen) atoms. The zero-order valence-electron chi connectivity index (χ0n) is 16.2. The zero-order chi connectivity index (χ0) is 19.6. The van der Waals surface area contributed by atoms with Crippen LogP contribution in [0.3, 0.4) is 0 Å². The Bertz CT molecular complexity index is 846. The Balaban J connectivity index is 1.70. The van der Waals surface area contributed by atoms with Gasteiger partial charge in [0.25, 0.3) is 11.8 Å². The number of amides is 2. The fourth-order valence-electron chi connectivity index (χ4n) is 3.41. The Morgan fingerprint density at radius 1 is 1.22 bits per heavy atom. The molecule has 8 nitrogen and oxygen atoms in total. The van der Waals surface area contributed by atoms with E-state index in [9.17, 15) is 9.59 Å². The van der Waals surface area contributed by atoms with Gasteiger partial charge in [-0.05, 0) is 45.1 Å². The molecule has 0 aromatic carbocycles. The smallest absolute Gasteiger partial charge is 0.276 e. The van der Waals surface area contributed by atoms with Crippen LogP contribution in [-0.2, 0) is 6.42 Å². The first-order valence-corrected chi connectivity index (χ1v) is 9.12. The Hall–Kier alpha value is -2.77. The second-order valence-corrected chi connectivity index (χ2v) is 7.28. The lowest BCUT2D eigenvalue weighted by molar-refractivity contribution is 0.0662. The van der Waals surface area contributed by atoms with E-state index in [2.05, 4.69) is 15.1 Å². The second kappa shape index (κ2) is 7.85. The molecular formula is C19H25N5O3. The molecule has 1 fully saturated rings. The van der Waals surface area contributed by atoms with Gasteiger partial charge in [-0.25, -0.2) is 9.97 Å². The van der Waals surface area contributed by atoms with Crippen LogP contribution in [-0.4, -0.2) is 63.9 Å². The Labute approximate surface area is 158 Å². The number of nitrogens with zero attached hydrogens (tertiary/aromatic N) is 5. The molecule has 0 N–H and O–H groups in total. The average molecular weight is 371 g/mol. The molecule has 1 aliphatic heterocycles. The van der Waals surface area contributed by atoms with Crippen LogP contribution in [0.15, 0.2) is 16.7 Å². The molecule has 3 heterocycles. The summed E-state index contributed by atoms with van der Waals surface area (Å²) in [4.78, 5) is 36.9. The fourth-order valence-corrected chi connectivity index (χ4v) is 3.41. The number of aromatic nitrogens is 3. The van der Waals surface area contributed by atoms with Crippen molar-refractivity contribution in [2.75, 3.05) is 27.2 Å². The van der Waals surface area contributed by atoms with Gasteiger partial charge in [-0.3, -0.25) is 9.59 Å². The van der Waals surface area contributed by atoms with Gasteiger partial charge in [-0.2, -0.15) is 0 Å². The fraction of sp³-hybridized carbons (Fsp3) is 0.526. The Morgan fingerprint density at radius 3 is 2.67 bits per heavy atom. The van der Waals surface area contributed by atoms with Crippen molar-refractivity contribution in [1.82, 2.24) is 24.9 Å². The standard InChI is InChI=1S/C19H25N5O3/c1-12-8-17(22-27-12)19(26)24-7-5-6-14(11-24)9-15-10-16(18(25)23(3)4)21-13(2)20-15/h8,10,14H,5-7,9,11H2,1-4H3/t14-/m0/s1. The molecule has 144 valence electrons. The van der Waals surface area contributed by atoms with Gasteiger partial charge < -0.3 is 14.3 Å². The van der Waals surface area contributed by atoms with Gasteiger partial charge >= 0.3 is 0 Å². The third-order valence-corrected chi connectivity index (χ3v) is 4.67. The largest absolute Gasteiger partial charge is 0.361 e. The molecule has 1 saturated heterocycles. The summed E-state index contributed by atoms with van der Waals surface area (Å²) in [5.74, 6) is 1.26. The van der Waals surface area contributed by atoms with E-state index in [0.717, 1.165) is 18.5 Å². The van der Waals surface area contributed by atoms with Crippen molar-refractivity contribution < 1.29 is 14.1 Å². The van der Waals surface area contributed by atoms with E-state index >= 15 is 0 Å². The lowest BCUT2D eigenvalue weighted by Gasteiger charge is -2.32. The van der Waals surface area contributed by atoms with Crippen molar-refractivity contribution in [2.45, 2.75) is 33.1 Å². The first kappa shape index (κ1) is 19.0. The van der Waals surface area contributed by atoms with Gasteiger partial charge in [0.15, 0.2) is 5.69 Å². The Morgan fingerprint density at radius 2 is 2.00 bits per heavy atom. The van der Waals surface area contributed by atoms with Crippen LogP contribution < -0.4 is 0 Å². The number of hydrogen-bond acceptors (Lipinski definition) is 6. The summed E-state index contributed by atoms with van der Waals surface area (Å²) in [6.45, 7) is 4.92. The van der Waals surface area contributed by atoms with Crippen molar-refractivity contribution in [1.29, 1.82) is 0 Å². The van der Waals surface area contributed by atoms with Crippen molar-refractivity contribution >= 4 is 11.8 Å². The SMILES string of the molecule is Cc1nc(C[C@@H]2CCCN(C(=O)c3cc(C)on3)C2)cc(C(=O)N(C)C)n1. The Kier molecular flexibility index (Phi) is 5.53. The van der Waals surface area contributed by atoms with E-state index in [4.69, 9.17) is 4.52 Å². The van der Waals surface area contributed by atoms with Crippen LogP contribution in [0.4, 0.5) is 0 Å². The van der Waals surface area contributed by atoms with Crippen LogP contribution in [0, 0.1) is 19.8 Å². The predicted molar refractivity (Wildman–Crippen MR) is 98.4 cm³/mol. The number of rotatable bonds is 4. The van der Waals surface area contributed by atoms with E-state index in [1.165, 1.54) is 4.90 Å². The topological polar surface area (TPSA) is 92.4 Å². The lowest BCUT2D eigenvalue weighted by Crippen LogP contribution is -2.40. The molecule has 0 unspecified atom stereocenters. The number of hydrogen-bond donors (Lipinski definition) is 0. The van der Waals surface area contributed by atoms with Crippen molar-refractivity contribution in [2.24, 2.45) is 5.92 Å². The molecule has 2 aromatic heterocycles. The van der Waals surface area contributed by atoms with Gasteiger partial charge in [0, 0.05) is 38.9 Å². The molecule has 1 aliphatic rings. The molecule has 0 spiro atoms. The summed E-state index contributed by atoms with van der Waals surface area (Å²) in [5.41, 5.74) is 1.60. The quantitative estimate of drug-likeness (QED) is 0.815. The summed E-state index contributed by atoms with van der Waals surface area (Å²) in [6, 6.07) is 3.43. The third-order valence-electron chi connectivity index (χ3n) is 4.67. The number of aryl methyl sites for hydroxylation is 2. The molecule has 0 saturated carbocycles. The zero-order valence-corrected chi connectivity index (χ0v) is 16.2. The van der Waals surface area contributed by atoms with Crippen LogP contribution in [0.2, 0.25) is 0 Å². The number of piperidine rings is 1. The average Bonchev–Trinajstić information content (AvgIpc) is 3.06. The monoisotopic (exact) mass is 371 g/mol. The molecule has 0 radical (unpaired) electrons.